The molecule has 0 spiro atoms. The van der Waals surface area contributed by atoms with E-state index in [-0.39, 0.29) is 15.9 Å². The summed E-state index contributed by atoms with van der Waals surface area (Å²) in [5.41, 5.74) is -0.476. The Hall–Kier alpha value is -1.34. The molecule has 1 saturated heterocycles. The Morgan fingerprint density at radius 3 is 2.79 bits per heavy atom. The highest BCUT2D eigenvalue weighted by Gasteiger charge is 2.41. The van der Waals surface area contributed by atoms with Crippen molar-refractivity contribution in [2.75, 3.05) is 25.0 Å². The standard InChI is InChI=1S/C11H14ClN3O3S/c1-11(9(18)13-2)3-4-15(5-11)10-14-7(12)6(19-10)8(16)17/h3-5H2,1-2H3,(H,13,18)(H,16,17). The van der Waals surface area contributed by atoms with Gasteiger partial charge in [-0.25, -0.2) is 9.78 Å². The molecule has 0 aromatic carbocycles. The molecule has 1 unspecified atom stereocenters. The number of nitrogens with zero attached hydrogens (tertiary/aromatic N) is 2. The second kappa shape index (κ2) is 4.97. The third kappa shape index (κ3) is 2.52. The summed E-state index contributed by atoms with van der Waals surface area (Å²) < 4.78 is 0. The first-order valence-electron chi connectivity index (χ1n) is 5.74. The van der Waals surface area contributed by atoms with Crippen LogP contribution >= 0.6 is 22.9 Å². The zero-order chi connectivity index (χ0) is 14.2. The number of hydrogen-bond donors (Lipinski definition) is 2. The van der Waals surface area contributed by atoms with E-state index in [1.165, 1.54) is 0 Å². The summed E-state index contributed by atoms with van der Waals surface area (Å²) in [6, 6.07) is 0. The van der Waals surface area contributed by atoms with Crippen molar-refractivity contribution in [3.8, 4) is 0 Å². The molecule has 0 saturated carbocycles. The molecule has 1 amide bonds. The van der Waals surface area contributed by atoms with Crippen molar-refractivity contribution in [2.45, 2.75) is 13.3 Å². The summed E-state index contributed by atoms with van der Waals surface area (Å²) in [6.45, 7) is 3.06. The number of hydrogen-bond acceptors (Lipinski definition) is 5. The Morgan fingerprint density at radius 1 is 1.58 bits per heavy atom. The van der Waals surface area contributed by atoms with Crippen molar-refractivity contribution in [1.82, 2.24) is 10.3 Å². The van der Waals surface area contributed by atoms with Crippen LogP contribution < -0.4 is 10.2 Å². The fourth-order valence-electron chi connectivity index (χ4n) is 2.17. The summed E-state index contributed by atoms with van der Waals surface area (Å²) in [5, 5.41) is 12.2. The van der Waals surface area contributed by atoms with Gasteiger partial charge in [0.05, 0.1) is 5.41 Å². The number of aromatic carboxylic acids is 1. The molecule has 6 nitrogen and oxygen atoms in total. The molecular formula is C11H14ClN3O3S. The van der Waals surface area contributed by atoms with Crippen LogP contribution in [0.4, 0.5) is 5.13 Å². The molecule has 1 fully saturated rings. The van der Waals surface area contributed by atoms with E-state index in [4.69, 9.17) is 16.7 Å². The second-order valence-corrected chi connectivity index (χ2v) is 6.07. The van der Waals surface area contributed by atoms with Crippen molar-refractivity contribution in [2.24, 2.45) is 5.41 Å². The van der Waals surface area contributed by atoms with Crippen molar-refractivity contribution in [1.29, 1.82) is 0 Å². The van der Waals surface area contributed by atoms with Crippen molar-refractivity contribution in [3.63, 3.8) is 0 Å². The molecule has 19 heavy (non-hydrogen) atoms. The molecule has 2 heterocycles. The molecule has 8 heteroatoms. The Balaban J connectivity index is 2.19. The lowest BCUT2D eigenvalue weighted by molar-refractivity contribution is -0.128. The molecule has 1 aromatic heterocycles. The minimum absolute atomic E-state index is 0.000969. The molecule has 0 aliphatic carbocycles. The molecule has 1 atom stereocenters. The Morgan fingerprint density at radius 2 is 2.26 bits per heavy atom. The molecule has 2 N–H and O–H groups in total. The van der Waals surface area contributed by atoms with E-state index in [1.807, 2.05) is 11.8 Å². The number of halogens is 1. The van der Waals surface area contributed by atoms with Crippen LogP contribution in [0.5, 0.6) is 0 Å². The van der Waals surface area contributed by atoms with E-state index in [0.29, 0.717) is 24.6 Å². The van der Waals surface area contributed by atoms with Gasteiger partial charge in [-0.05, 0) is 13.3 Å². The predicted molar refractivity (Wildman–Crippen MR) is 73.1 cm³/mol. The van der Waals surface area contributed by atoms with Gasteiger partial charge in [-0.15, -0.1) is 0 Å². The number of aromatic nitrogens is 1. The fourth-order valence-corrected chi connectivity index (χ4v) is 3.32. The minimum atomic E-state index is -1.08. The average molecular weight is 304 g/mol. The van der Waals surface area contributed by atoms with E-state index in [1.54, 1.807) is 7.05 Å². The SMILES string of the molecule is CNC(=O)C1(C)CCN(c2nc(Cl)c(C(=O)O)s2)C1. The van der Waals surface area contributed by atoms with Crippen LogP contribution in [0.25, 0.3) is 0 Å². The monoisotopic (exact) mass is 303 g/mol. The van der Waals surface area contributed by atoms with Gasteiger partial charge >= 0.3 is 5.97 Å². The predicted octanol–water partition coefficient (Wildman–Crippen LogP) is 1.46. The van der Waals surface area contributed by atoms with Crippen LogP contribution in [0.2, 0.25) is 5.15 Å². The normalized spacial score (nSPS) is 22.6. The van der Waals surface area contributed by atoms with Gasteiger partial charge in [0.1, 0.15) is 0 Å². The quantitative estimate of drug-likeness (QED) is 0.883. The van der Waals surface area contributed by atoms with Crippen molar-refractivity contribution in [3.05, 3.63) is 10.0 Å². The first-order chi connectivity index (χ1) is 8.87. The maximum absolute atomic E-state index is 11.8. The summed E-state index contributed by atoms with van der Waals surface area (Å²) in [5.74, 6) is -1.10. The van der Waals surface area contributed by atoms with Crippen LogP contribution in [0.1, 0.15) is 23.0 Å². The van der Waals surface area contributed by atoms with E-state index in [9.17, 15) is 9.59 Å². The van der Waals surface area contributed by atoms with Crippen LogP contribution in [0.15, 0.2) is 0 Å². The number of thiazole rings is 1. The number of amides is 1. The Bertz CT molecular complexity index is 533. The lowest BCUT2D eigenvalue weighted by atomic mass is 9.89. The lowest BCUT2D eigenvalue weighted by Gasteiger charge is -2.22. The zero-order valence-electron chi connectivity index (χ0n) is 10.6. The van der Waals surface area contributed by atoms with Gasteiger partial charge in [0.2, 0.25) is 5.91 Å². The number of rotatable bonds is 3. The van der Waals surface area contributed by atoms with Gasteiger partial charge in [0.25, 0.3) is 0 Å². The molecule has 1 aliphatic heterocycles. The highest BCUT2D eigenvalue weighted by Crippen LogP contribution is 2.37. The lowest BCUT2D eigenvalue weighted by Crippen LogP contribution is -2.39. The van der Waals surface area contributed by atoms with E-state index >= 15 is 0 Å². The second-order valence-electron chi connectivity index (χ2n) is 4.73. The van der Waals surface area contributed by atoms with E-state index in [2.05, 4.69) is 10.3 Å². The molecule has 0 radical (unpaired) electrons. The van der Waals surface area contributed by atoms with Crippen molar-refractivity contribution < 1.29 is 14.7 Å². The van der Waals surface area contributed by atoms with Gasteiger partial charge in [0.15, 0.2) is 15.2 Å². The largest absolute Gasteiger partial charge is 0.477 e. The molecule has 1 aromatic rings. The summed E-state index contributed by atoms with van der Waals surface area (Å²) >= 11 is 6.83. The van der Waals surface area contributed by atoms with Gasteiger partial charge < -0.3 is 15.3 Å². The Labute approximate surface area is 119 Å². The summed E-state index contributed by atoms with van der Waals surface area (Å²) in [4.78, 5) is 28.7. The smallest absolute Gasteiger partial charge is 0.349 e. The molecule has 0 bridgehead atoms. The summed E-state index contributed by atoms with van der Waals surface area (Å²) in [6.07, 6.45) is 0.701. The van der Waals surface area contributed by atoms with Crippen LogP contribution in [-0.4, -0.2) is 42.1 Å². The minimum Gasteiger partial charge on any atom is -0.477 e. The third-order valence-corrected chi connectivity index (χ3v) is 4.78. The van der Waals surface area contributed by atoms with E-state index in [0.717, 1.165) is 11.3 Å². The van der Waals surface area contributed by atoms with Gasteiger partial charge in [-0.3, -0.25) is 4.79 Å². The topological polar surface area (TPSA) is 82.5 Å². The first kappa shape index (κ1) is 14.1. The van der Waals surface area contributed by atoms with Gasteiger partial charge in [-0.2, -0.15) is 0 Å². The summed E-state index contributed by atoms with van der Waals surface area (Å²) in [7, 11) is 1.61. The molecule has 104 valence electrons. The molecular weight excluding hydrogens is 290 g/mol. The maximum Gasteiger partial charge on any atom is 0.349 e. The average Bonchev–Trinajstić information content (AvgIpc) is 2.92. The Kier molecular flexibility index (Phi) is 3.69. The van der Waals surface area contributed by atoms with E-state index < -0.39 is 11.4 Å². The van der Waals surface area contributed by atoms with Crippen LogP contribution in [0.3, 0.4) is 0 Å². The molecule has 2 rings (SSSR count). The van der Waals surface area contributed by atoms with Gasteiger partial charge in [0, 0.05) is 20.1 Å². The fraction of sp³-hybridized carbons (Fsp3) is 0.545. The highest BCUT2D eigenvalue weighted by atomic mass is 35.5. The van der Waals surface area contributed by atoms with Crippen LogP contribution in [0, 0.1) is 5.41 Å². The number of anilines is 1. The number of carbonyl (C=O) groups excluding carboxylic acids is 1. The number of carbonyl (C=O) groups is 2. The molecule has 1 aliphatic rings. The first-order valence-corrected chi connectivity index (χ1v) is 6.93. The number of nitrogens with one attached hydrogen (secondary N) is 1. The van der Waals surface area contributed by atoms with Gasteiger partial charge in [-0.1, -0.05) is 22.9 Å². The number of carboxylic acids is 1. The highest BCUT2D eigenvalue weighted by molar-refractivity contribution is 7.18. The maximum atomic E-state index is 11.8. The third-order valence-electron chi connectivity index (χ3n) is 3.29. The number of carboxylic acid groups (broad SMARTS) is 1. The zero-order valence-corrected chi connectivity index (χ0v) is 12.1. The van der Waals surface area contributed by atoms with Crippen molar-refractivity contribution >= 4 is 39.9 Å². The van der Waals surface area contributed by atoms with Crippen LogP contribution in [-0.2, 0) is 4.79 Å².